The van der Waals surface area contributed by atoms with E-state index >= 15 is 0 Å². The highest BCUT2D eigenvalue weighted by Gasteiger charge is 2.25. The number of likely N-dealkylation sites (N-methyl/N-ethyl adjacent to an activating group) is 1. The van der Waals surface area contributed by atoms with Crippen LogP contribution in [0.15, 0.2) is 12.5 Å². The summed E-state index contributed by atoms with van der Waals surface area (Å²) in [6.45, 7) is 4.59. The second-order valence-electron chi connectivity index (χ2n) is 6.62. The number of nitrogens with zero attached hydrogens (tertiary/aromatic N) is 6. The van der Waals surface area contributed by atoms with Gasteiger partial charge in [-0.25, -0.2) is 4.98 Å². The Balaban J connectivity index is 1.55. The first kappa shape index (κ1) is 17.1. The first-order valence-corrected chi connectivity index (χ1v) is 8.54. The number of aliphatic hydroxyl groups excluding tert-OH is 1. The smallest absolute Gasteiger partial charge is 0.146 e. The maximum atomic E-state index is 9.01. The molecule has 8 heteroatoms. The summed E-state index contributed by atoms with van der Waals surface area (Å²) < 4.78 is 2.13. The summed E-state index contributed by atoms with van der Waals surface area (Å²) in [5.41, 5.74) is 1.17. The van der Waals surface area contributed by atoms with Crippen LogP contribution in [0.4, 0.5) is 0 Å². The predicted molar refractivity (Wildman–Crippen MR) is 90.3 cm³/mol. The summed E-state index contributed by atoms with van der Waals surface area (Å²) in [5.74, 6) is 2.52. The second kappa shape index (κ2) is 7.87. The van der Waals surface area contributed by atoms with Crippen molar-refractivity contribution in [3.05, 3.63) is 29.9 Å². The van der Waals surface area contributed by atoms with E-state index in [0.29, 0.717) is 19.0 Å². The van der Waals surface area contributed by atoms with E-state index in [9.17, 15) is 0 Å². The van der Waals surface area contributed by atoms with Gasteiger partial charge in [-0.2, -0.15) is 0 Å². The molecule has 0 aliphatic carbocycles. The van der Waals surface area contributed by atoms with Crippen molar-refractivity contribution in [1.82, 2.24) is 34.5 Å². The Bertz CT molecular complexity index is 616. The number of hydrogen-bond acceptors (Lipinski definition) is 6. The number of aromatic amines is 1. The molecule has 1 aliphatic rings. The van der Waals surface area contributed by atoms with Crippen LogP contribution in [0.5, 0.6) is 0 Å². The maximum absolute atomic E-state index is 9.01. The molecule has 1 saturated heterocycles. The molecule has 8 nitrogen and oxygen atoms in total. The third-order valence-electron chi connectivity index (χ3n) is 4.79. The molecule has 2 N–H and O–H groups in total. The van der Waals surface area contributed by atoms with Gasteiger partial charge in [-0.15, -0.1) is 10.2 Å². The zero-order valence-electron chi connectivity index (χ0n) is 14.5. The second-order valence-corrected chi connectivity index (χ2v) is 6.62. The molecule has 1 aliphatic heterocycles. The largest absolute Gasteiger partial charge is 0.395 e. The molecule has 2 aromatic heterocycles. The van der Waals surface area contributed by atoms with Crippen molar-refractivity contribution in [3.63, 3.8) is 0 Å². The first-order valence-electron chi connectivity index (χ1n) is 8.54. The van der Waals surface area contributed by atoms with E-state index < -0.39 is 0 Å². The van der Waals surface area contributed by atoms with Crippen LogP contribution in [0, 0.1) is 0 Å². The van der Waals surface area contributed by atoms with E-state index in [2.05, 4.69) is 41.6 Å². The summed E-state index contributed by atoms with van der Waals surface area (Å²) in [7, 11) is 4.03. The molecule has 0 saturated carbocycles. The molecule has 0 atom stereocenters. The topological polar surface area (TPSA) is 86.1 Å². The number of nitrogens with one attached hydrogen (secondary N) is 1. The number of likely N-dealkylation sites (tertiary alicyclic amines) is 1. The van der Waals surface area contributed by atoms with E-state index in [1.165, 1.54) is 5.69 Å². The van der Waals surface area contributed by atoms with E-state index in [0.717, 1.165) is 44.1 Å². The highest BCUT2D eigenvalue weighted by molar-refractivity contribution is 5.04. The van der Waals surface area contributed by atoms with Gasteiger partial charge in [-0.05, 0) is 33.0 Å². The molecule has 0 bridgehead atoms. The van der Waals surface area contributed by atoms with Crippen molar-refractivity contribution < 1.29 is 5.11 Å². The number of H-pyrrole nitrogens is 1. The van der Waals surface area contributed by atoms with Crippen LogP contribution < -0.4 is 0 Å². The van der Waals surface area contributed by atoms with Gasteiger partial charge < -0.3 is 14.7 Å². The lowest BCUT2D eigenvalue weighted by Gasteiger charge is -2.31. The lowest BCUT2D eigenvalue weighted by atomic mass is 9.96. The zero-order valence-corrected chi connectivity index (χ0v) is 14.5. The molecule has 24 heavy (non-hydrogen) atoms. The van der Waals surface area contributed by atoms with Gasteiger partial charge in [0.05, 0.1) is 19.5 Å². The Hall–Kier alpha value is -1.77. The maximum Gasteiger partial charge on any atom is 0.146 e. The standard InChI is InChI=1S/C16H27N7O/c1-21(7-8-24)11-15-19-20-16(22(15)2)13-3-5-23(6-4-13)10-14-9-17-12-18-14/h9,12-13,24H,3-8,10-11H2,1-2H3,(H,17,18). The van der Waals surface area contributed by atoms with Gasteiger partial charge >= 0.3 is 0 Å². The van der Waals surface area contributed by atoms with Gasteiger partial charge in [0.2, 0.25) is 0 Å². The van der Waals surface area contributed by atoms with Crippen molar-refractivity contribution in [1.29, 1.82) is 0 Å². The lowest BCUT2D eigenvalue weighted by Crippen LogP contribution is -2.33. The number of aliphatic hydroxyl groups is 1. The molecule has 0 aromatic carbocycles. The summed E-state index contributed by atoms with van der Waals surface area (Å²) in [6.07, 6.45) is 5.83. The number of aromatic nitrogens is 5. The summed E-state index contributed by atoms with van der Waals surface area (Å²) >= 11 is 0. The van der Waals surface area contributed by atoms with E-state index in [4.69, 9.17) is 5.11 Å². The third-order valence-corrected chi connectivity index (χ3v) is 4.79. The van der Waals surface area contributed by atoms with Gasteiger partial charge in [0.25, 0.3) is 0 Å². The molecule has 1 fully saturated rings. The summed E-state index contributed by atoms with van der Waals surface area (Å²) in [6, 6.07) is 0. The SMILES string of the molecule is CN(CCO)Cc1nnc(C2CCN(Cc3cnc[nH]3)CC2)n1C. The van der Waals surface area contributed by atoms with Crippen LogP contribution >= 0.6 is 0 Å². The van der Waals surface area contributed by atoms with Gasteiger partial charge in [0, 0.05) is 37.9 Å². The van der Waals surface area contributed by atoms with Crippen LogP contribution in [0.3, 0.4) is 0 Å². The van der Waals surface area contributed by atoms with Gasteiger partial charge in [-0.3, -0.25) is 9.80 Å². The van der Waals surface area contributed by atoms with Crippen LogP contribution in [0.25, 0.3) is 0 Å². The summed E-state index contributed by atoms with van der Waals surface area (Å²) in [4.78, 5) is 11.8. The average Bonchev–Trinajstić information content (AvgIpc) is 3.20. The minimum absolute atomic E-state index is 0.163. The molecule has 3 heterocycles. The van der Waals surface area contributed by atoms with Gasteiger partial charge in [0.15, 0.2) is 0 Å². The summed E-state index contributed by atoms with van der Waals surface area (Å²) in [5, 5.41) is 17.8. The van der Waals surface area contributed by atoms with Crippen LogP contribution in [0.1, 0.15) is 36.1 Å². The molecule has 3 rings (SSSR count). The number of hydrogen-bond donors (Lipinski definition) is 2. The van der Waals surface area contributed by atoms with Crippen molar-refractivity contribution in [2.24, 2.45) is 7.05 Å². The fraction of sp³-hybridized carbons (Fsp3) is 0.688. The fourth-order valence-corrected chi connectivity index (χ4v) is 3.32. The number of imidazole rings is 1. The van der Waals surface area contributed by atoms with Gasteiger partial charge in [0.1, 0.15) is 11.6 Å². The Morgan fingerprint density at radius 3 is 2.79 bits per heavy atom. The van der Waals surface area contributed by atoms with Gasteiger partial charge in [-0.1, -0.05) is 0 Å². The zero-order chi connectivity index (χ0) is 16.9. The lowest BCUT2D eigenvalue weighted by molar-refractivity contribution is 0.198. The molecular weight excluding hydrogens is 306 g/mol. The third kappa shape index (κ3) is 4.00. The molecule has 0 spiro atoms. The van der Waals surface area contributed by atoms with E-state index in [-0.39, 0.29) is 6.61 Å². The first-order chi connectivity index (χ1) is 11.7. The molecule has 0 unspecified atom stereocenters. The van der Waals surface area contributed by atoms with Crippen LogP contribution in [-0.2, 0) is 20.1 Å². The van der Waals surface area contributed by atoms with E-state index in [1.54, 1.807) is 6.33 Å². The molecule has 0 radical (unpaired) electrons. The van der Waals surface area contributed by atoms with Crippen molar-refractivity contribution in [3.8, 4) is 0 Å². The Morgan fingerprint density at radius 2 is 2.12 bits per heavy atom. The minimum atomic E-state index is 0.163. The molecule has 132 valence electrons. The molecular formula is C16H27N7O. The number of piperidine rings is 1. The monoisotopic (exact) mass is 333 g/mol. The van der Waals surface area contributed by atoms with Crippen molar-refractivity contribution >= 4 is 0 Å². The van der Waals surface area contributed by atoms with E-state index in [1.807, 2.05) is 13.2 Å². The number of rotatable bonds is 7. The Morgan fingerprint density at radius 1 is 1.33 bits per heavy atom. The fourth-order valence-electron chi connectivity index (χ4n) is 3.32. The normalized spacial score (nSPS) is 17.0. The van der Waals surface area contributed by atoms with Crippen molar-refractivity contribution in [2.45, 2.75) is 31.8 Å². The molecule has 2 aromatic rings. The highest BCUT2D eigenvalue weighted by Crippen LogP contribution is 2.27. The van der Waals surface area contributed by atoms with Crippen LogP contribution in [-0.4, -0.2) is 72.9 Å². The van der Waals surface area contributed by atoms with Crippen molar-refractivity contribution in [2.75, 3.05) is 33.3 Å². The van der Waals surface area contributed by atoms with Crippen LogP contribution in [0.2, 0.25) is 0 Å². The Kier molecular flexibility index (Phi) is 5.60. The molecule has 0 amide bonds. The average molecular weight is 333 g/mol. The Labute approximate surface area is 142 Å². The highest BCUT2D eigenvalue weighted by atomic mass is 16.3. The quantitative estimate of drug-likeness (QED) is 0.760. The predicted octanol–water partition coefficient (Wildman–Crippen LogP) is 0.342. The minimum Gasteiger partial charge on any atom is -0.395 e.